The van der Waals surface area contributed by atoms with Gasteiger partial charge in [0.1, 0.15) is 11.5 Å². The Morgan fingerprint density at radius 2 is 2.00 bits per heavy atom. The zero-order valence-electron chi connectivity index (χ0n) is 14.3. The molecule has 0 aliphatic rings. The maximum Gasteiger partial charge on any atom is 0.218 e. The predicted octanol–water partition coefficient (Wildman–Crippen LogP) is 3.98. The van der Waals surface area contributed by atoms with Crippen LogP contribution in [0.1, 0.15) is 32.0 Å². The van der Waals surface area contributed by atoms with Crippen molar-refractivity contribution < 1.29 is 9.52 Å². The Balaban J connectivity index is 2.21. The maximum absolute atomic E-state index is 9.71. The molecule has 3 N–H and O–H groups in total. The average Bonchev–Trinajstić information content (AvgIpc) is 2.87. The lowest BCUT2D eigenvalue weighted by molar-refractivity contribution is 0.283. The number of nitrogens with zero attached hydrogens (tertiary/aromatic N) is 2. The zero-order valence-corrected chi connectivity index (χ0v) is 14.3. The van der Waals surface area contributed by atoms with Gasteiger partial charge in [-0.25, -0.2) is 4.98 Å². The van der Waals surface area contributed by atoms with Gasteiger partial charge in [-0.2, -0.15) is 0 Å². The Hall–Kier alpha value is -2.60. The molecule has 0 aliphatic carbocycles. The topological polar surface area (TPSA) is 83.2 Å². The Morgan fingerprint density at radius 1 is 1.21 bits per heavy atom. The van der Waals surface area contributed by atoms with Crippen molar-refractivity contribution in [3.05, 3.63) is 41.9 Å². The van der Waals surface area contributed by atoms with Crippen LogP contribution in [0, 0.1) is 6.92 Å². The molecule has 0 unspecified atom stereocenters. The number of aryl methyl sites for hydroxylation is 1. The van der Waals surface area contributed by atoms with Gasteiger partial charge in [-0.3, -0.25) is 4.98 Å². The van der Waals surface area contributed by atoms with Gasteiger partial charge in [-0.15, -0.1) is 0 Å². The average molecular weight is 326 g/mol. The highest BCUT2D eigenvalue weighted by atomic mass is 16.4. The van der Waals surface area contributed by atoms with Gasteiger partial charge in [0, 0.05) is 23.5 Å². The highest BCUT2D eigenvalue weighted by Gasteiger charge is 2.23. The molecular weight excluding hydrogens is 304 g/mol. The number of furan rings is 1. The van der Waals surface area contributed by atoms with Crippen molar-refractivity contribution in [1.29, 1.82) is 0 Å². The van der Waals surface area contributed by atoms with Gasteiger partial charge in [-0.05, 0) is 39.8 Å². The lowest BCUT2D eigenvalue weighted by Crippen LogP contribution is -2.26. The summed E-state index contributed by atoms with van der Waals surface area (Å²) >= 11 is 0. The molecule has 0 saturated carbocycles. The summed E-state index contributed by atoms with van der Waals surface area (Å²) in [5, 5.41) is 17.2. The number of aliphatic hydroxyl groups is 1. The molecule has 3 aromatic heterocycles. The lowest BCUT2D eigenvalue weighted by atomic mass is 10.1. The molecular formula is C18H22N4O2. The van der Waals surface area contributed by atoms with Gasteiger partial charge in [0.2, 0.25) is 5.88 Å². The summed E-state index contributed by atoms with van der Waals surface area (Å²) in [6.07, 6.45) is 3.40. The SMILES string of the molecule is Cc1ncc(CO)c2c(Nc3ccccn3)c(NC(C)(C)C)oc12. The van der Waals surface area contributed by atoms with Crippen molar-refractivity contribution in [3.63, 3.8) is 0 Å². The van der Waals surface area contributed by atoms with E-state index in [-0.39, 0.29) is 12.1 Å². The fourth-order valence-electron chi connectivity index (χ4n) is 2.52. The summed E-state index contributed by atoms with van der Waals surface area (Å²) in [5.74, 6) is 1.31. The van der Waals surface area contributed by atoms with Crippen LogP contribution in [0.5, 0.6) is 0 Å². The van der Waals surface area contributed by atoms with Crippen LogP contribution in [0.25, 0.3) is 11.0 Å². The van der Waals surface area contributed by atoms with E-state index < -0.39 is 0 Å². The van der Waals surface area contributed by atoms with Crippen LogP contribution in [-0.2, 0) is 6.61 Å². The van der Waals surface area contributed by atoms with Gasteiger partial charge >= 0.3 is 0 Å². The fourth-order valence-corrected chi connectivity index (χ4v) is 2.52. The quantitative estimate of drug-likeness (QED) is 0.673. The van der Waals surface area contributed by atoms with E-state index in [1.165, 1.54) is 0 Å². The largest absolute Gasteiger partial charge is 0.436 e. The molecule has 3 aromatic rings. The molecule has 3 rings (SSSR count). The van der Waals surface area contributed by atoms with E-state index in [1.807, 2.05) is 25.1 Å². The van der Waals surface area contributed by atoms with Crippen LogP contribution < -0.4 is 10.6 Å². The van der Waals surface area contributed by atoms with Crippen molar-refractivity contribution in [3.8, 4) is 0 Å². The van der Waals surface area contributed by atoms with Gasteiger partial charge in [0.25, 0.3) is 0 Å². The molecule has 6 nitrogen and oxygen atoms in total. The number of rotatable bonds is 4. The number of nitrogens with one attached hydrogen (secondary N) is 2. The summed E-state index contributed by atoms with van der Waals surface area (Å²) in [5.41, 5.74) is 2.71. The van der Waals surface area contributed by atoms with Crippen molar-refractivity contribution in [1.82, 2.24) is 9.97 Å². The van der Waals surface area contributed by atoms with Crippen LogP contribution in [0.3, 0.4) is 0 Å². The molecule has 0 spiro atoms. The smallest absolute Gasteiger partial charge is 0.218 e. The number of fused-ring (bicyclic) bond motifs is 1. The van der Waals surface area contributed by atoms with Crippen LogP contribution in [0.2, 0.25) is 0 Å². The normalized spacial score (nSPS) is 11.7. The number of pyridine rings is 2. The minimum Gasteiger partial charge on any atom is -0.436 e. The Kier molecular flexibility index (Phi) is 4.15. The van der Waals surface area contributed by atoms with E-state index in [4.69, 9.17) is 4.42 Å². The van der Waals surface area contributed by atoms with Crippen LogP contribution >= 0.6 is 0 Å². The number of anilines is 3. The molecule has 6 heteroatoms. The molecule has 3 heterocycles. The van der Waals surface area contributed by atoms with Gasteiger partial charge < -0.3 is 20.2 Å². The van der Waals surface area contributed by atoms with E-state index in [0.717, 1.165) is 16.8 Å². The van der Waals surface area contributed by atoms with Crippen LogP contribution in [0.4, 0.5) is 17.4 Å². The standard InChI is InChI=1S/C18H22N4O2/c1-11-16-14(12(10-23)9-20-11)15(17(24-16)22-18(2,3)4)21-13-7-5-6-8-19-13/h5-9,22-23H,10H2,1-4H3,(H,19,21). The molecule has 126 valence electrons. The van der Waals surface area contributed by atoms with Crippen molar-refractivity contribution >= 4 is 28.4 Å². The van der Waals surface area contributed by atoms with E-state index >= 15 is 0 Å². The van der Waals surface area contributed by atoms with Crippen molar-refractivity contribution in [2.45, 2.75) is 39.8 Å². The third kappa shape index (κ3) is 3.19. The van der Waals surface area contributed by atoms with Gasteiger partial charge in [0.05, 0.1) is 17.7 Å². The minimum atomic E-state index is -0.185. The Labute approximate surface area is 140 Å². The first-order valence-electron chi connectivity index (χ1n) is 7.87. The molecule has 0 atom stereocenters. The first-order valence-corrected chi connectivity index (χ1v) is 7.87. The number of hydrogen-bond donors (Lipinski definition) is 3. The van der Waals surface area contributed by atoms with Gasteiger partial charge in [-0.1, -0.05) is 6.07 Å². The second kappa shape index (κ2) is 6.13. The summed E-state index contributed by atoms with van der Waals surface area (Å²) in [6, 6.07) is 5.65. The molecule has 0 radical (unpaired) electrons. The molecule has 0 aliphatic heterocycles. The monoisotopic (exact) mass is 326 g/mol. The Bertz CT molecular complexity index is 851. The third-order valence-corrected chi connectivity index (χ3v) is 3.55. The predicted molar refractivity (Wildman–Crippen MR) is 95.6 cm³/mol. The second-order valence-corrected chi connectivity index (χ2v) is 6.75. The summed E-state index contributed by atoms with van der Waals surface area (Å²) in [6.45, 7) is 7.95. The van der Waals surface area contributed by atoms with Crippen LogP contribution in [0.15, 0.2) is 35.0 Å². The first kappa shape index (κ1) is 16.3. The van der Waals surface area contributed by atoms with E-state index in [1.54, 1.807) is 12.4 Å². The van der Waals surface area contributed by atoms with Gasteiger partial charge in [0.15, 0.2) is 5.58 Å². The highest BCUT2D eigenvalue weighted by molar-refractivity contribution is 6.01. The number of aromatic nitrogens is 2. The molecule has 0 amide bonds. The molecule has 0 aromatic carbocycles. The Morgan fingerprint density at radius 3 is 2.62 bits per heavy atom. The third-order valence-electron chi connectivity index (χ3n) is 3.55. The fraction of sp³-hybridized carbons (Fsp3) is 0.333. The minimum absolute atomic E-state index is 0.116. The van der Waals surface area contributed by atoms with Crippen molar-refractivity contribution in [2.75, 3.05) is 10.6 Å². The summed E-state index contributed by atoms with van der Waals surface area (Å²) in [4.78, 5) is 8.63. The first-order chi connectivity index (χ1) is 11.4. The highest BCUT2D eigenvalue weighted by Crippen LogP contribution is 2.40. The number of aliphatic hydroxyl groups excluding tert-OH is 1. The molecule has 24 heavy (non-hydrogen) atoms. The van der Waals surface area contributed by atoms with Crippen LogP contribution in [-0.4, -0.2) is 20.6 Å². The maximum atomic E-state index is 9.71. The number of hydrogen-bond acceptors (Lipinski definition) is 6. The zero-order chi connectivity index (χ0) is 17.3. The lowest BCUT2D eigenvalue weighted by Gasteiger charge is -2.21. The summed E-state index contributed by atoms with van der Waals surface area (Å²) in [7, 11) is 0. The van der Waals surface area contributed by atoms with E-state index in [9.17, 15) is 5.11 Å². The van der Waals surface area contributed by atoms with E-state index in [0.29, 0.717) is 22.8 Å². The second-order valence-electron chi connectivity index (χ2n) is 6.75. The van der Waals surface area contributed by atoms with E-state index in [2.05, 4.69) is 41.4 Å². The molecule has 0 bridgehead atoms. The molecule has 0 fully saturated rings. The summed E-state index contributed by atoms with van der Waals surface area (Å²) < 4.78 is 6.05. The molecule has 0 saturated heterocycles. The van der Waals surface area contributed by atoms with Crippen molar-refractivity contribution in [2.24, 2.45) is 0 Å².